The first-order chi connectivity index (χ1) is 6.56. The monoisotopic (exact) mass is 201 g/mol. The molecule has 0 aromatic carbocycles. The summed E-state index contributed by atoms with van der Waals surface area (Å²) in [6, 6.07) is 0. The van der Waals surface area contributed by atoms with Gasteiger partial charge < -0.3 is 25.1 Å². The van der Waals surface area contributed by atoms with E-state index in [0.717, 1.165) is 0 Å². The molecule has 5 heteroatoms. The summed E-state index contributed by atoms with van der Waals surface area (Å²) in [6.45, 7) is 1.21. The largest absolute Gasteiger partial charge is 0.544 e. The molecular weight excluding hydrogens is 186 g/mol. The van der Waals surface area contributed by atoms with Crippen molar-refractivity contribution in [2.24, 2.45) is 0 Å². The molecule has 0 unspecified atom stereocenters. The molecule has 80 valence electrons. The lowest BCUT2D eigenvalue weighted by Crippen LogP contribution is -2.81. The summed E-state index contributed by atoms with van der Waals surface area (Å²) in [5, 5.41) is 10.8. The second-order valence-electron chi connectivity index (χ2n) is 4.18. The van der Waals surface area contributed by atoms with Gasteiger partial charge in [0.1, 0.15) is 11.5 Å². The summed E-state index contributed by atoms with van der Waals surface area (Å²) in [5.41, 5.74) is 2.77. The number of aliphatic carboxylic acids is 1. The summed E-state index contributed by atoms with van der Waals surface area (Å²) >= 11 is 0. The maximum absolute atomic E-state index is 10.8. The van der Waals surface area contributed by atoms with E-state index in [4.69, 9.17) is 9.47 Å². The van der Waals surface area contributed by atoms with E-state index in [1.807, 2.05) is 0 Å². The molecule has 0 aromatic heterocycles. The van der Waals surface area contributed by atoms with Crippen LogP contribution in [0.15, 0.2) is 0 Å². The van der Waals surface area contributed by atoms with Gasteiger partial charge in [0, 0.05) is 25.7 Å². The van der Waals surface area contributed by atoms with E-state index in [1.54, 1.807) is 0 Å². The van der Waals surface area contributed by atoms with E-state index in [-0.39, 0.29) is 0 Å². The Morgan fingerprint density at radius 2 is 1.64 bits per heavy atom. The summed E-state index contributed by atoms with van der Waals surface area (Å²) in [5.74, 6) is -1.58. The highest BCUT2D eigenvalue weighted by Gasteiger charge is 2.47. The fourth-order valence-corrected chi connectivity index (χ4v) is 2.10. The van der Waals surface area contributed by atoms with Gasteiger partial charge in [0.25, 0.3) is 0 Å². The van der Waals surface area contributed by atoms with Crippen molar-refractivity contribution < 1.29 is 25.1 Å². The average molecular weight is 201 g/mol. The average Bonchev–Trinajstić information content (AvgIpc) is 2.60. The molecule has 1 aliphatic heterocycles. The zero-order valence-corrected chi connectivity index (χ0v) is 8.08. The van der Waals surface area contributed by atoms with E-state index >= 15 is 0 Å². The van der Waals surface area contributed by atoms with Crippen LogP contribution in [-0.4, -0.2) is 30.5 Å². The van der Waals surface area contributed by atoms with Gasteiger partial charge in [0.15, 0.2) is 5.79 Å². The van der Waals surface area contributed by atoms with Crippen LogP contribution in [0.2, 0.25) is 0 Å². The standard InChI is InChI=1S/C9H15NO4/c10-8(7(11)12)1-3-9(4-2-8)13-5-6-14-9/h1-6,10H2,(H,11,12). The second kappa shape index (κ2) is 3.18. The van der Waals surface area contributed by atoms with Gasteiger partial charge in [0.05, 0.1) is 13.2 Å². The van der Waals surface area contributed by atoms with Crippen LogP contribution in [0, 0.1) is 0 Å². The number of ether oxygens (including phenoxy) is 2. The van der Waals surface area contributed by atoms with Crippen molar-refractivity contribution in [2.45, 2.75) is 37.0 Å². The molecule has 5 nitrogen and oxygen atoms in total. The third kappa shape index (κ3) is 1.51. The normalized spacial score (nSPS) is 29.2. The first-order valence-corrected chi connectivity index (χ1v) is 4.91. The maximum Gasteiger partial charge on any atom is 0.169 e. The highest BCUT2D eigenvalue weighted by atomic mass is 16.7. The Labute approximate surface area is 82.2 Å². The number of carbonyl (C=O) groups excluding carboxylic acids is 1. The van der Waals surface area contributed by atoms with Gasteiger partial charge in [-0.05, 0) is 0 Å². The number of quaternary nitrogens is 1. The van der Waals surface area contributed by atoms with Gasteiger partial charge >= 0.3 is 0 Å². The molecule has 0 amide bonds. The van der Waals surface area contributed by atoms with E-state index in [2.05, 4.69) is 5.73 Å². The Morgan fingerprint density at radius 3 is 2.07 bits per heavy atom. The lowest BCUT2D eigenvalue weighted by atomic mass is 9.79. The van der Waals surface area contributed by atoms with Crippen molar-refractivity contribution in [1.82, 2.24) is 0 Å². The van der Waals surface area contributed by atoms with Crippen LogP contribution in [-0.2, 0) is 14.3 Å². The lowest BCUT2D eigenvalue weighted by molar-refractivity contribution is -0.497. The Balaban J connectivity index is 2.01. The minimum Gasteiger partial charge on any atom is -0.544 e. The van der Waals surface area contributed by atoms with Crippen LogP contribution in [0.1, 0.15) is 25.7 Å². The third-order valence-corrected chi connectivity index (χ3v) is 3.22. The highest BCUT2D eigenvalue weighted by molar-refractivity contribution is 5.74. The van der Waals surface area contributed by atoms with Crippen LogP contribution < -0.4 is 10.8 Å². The Bertz CT molecular complexity index is 237. The zero-order chi connectivity index (χ0) is 10.2. The Hall–Kier alpha value is -0.650. The van der Waals surface area contributed by atoms with Gasteiger partial charge in [0.2, 0.25) is 0 Å². The van der Waals surface area contributed by atoms with Crippen molar-refractivity contribution in [1.29, 1.82) is 0 Å². The highest BCUT2D eigenvalue weighted by Crippen LogP contribution is 2.38. The molecule has 1 saturated carbocycles. The summed E-state index contributed by atoms with van der Waals surface area (Å²) in [6.07, 6.45) is 2.14. The number of carboxylic acid groups (broad SMARTS) is 1. The molecule has 0 bridgehead atoms. The van der Waals surface area contributed by atoms with Crippen molar-refractivity contribution in [3.8, 4) is 0 Å². The molecule has 0 radical (unpaired) electrons. The first-order valence-electron chi connectivity index (χ1n) is 4.91. The third-order valence-electron chi connectivity index (χ3n) is 3.22. The molecule has 1 saturated heterocycles. The number of carbonyl (C=O) groups is 1. The topological polar surface area (TPSA) is 86.2 Å². The second-order valence-corrected chi connectivity index (χ2v) is 4.18. The SMILES string of the molecule is [NH3+]C1(C(=O)[O-])CCC2(CC1)OCCO2. The zero-order valence-electron chi connectivity index (χ0n) is 8.08. The van der Waals surface area contributed by atoms with Crippen molar-refractivity contribution in [3.63, 3.8) is 0 Å². The van der Waals surface area contributed by atoms with E-state index < -0.39 is 17.3 Å². The van der Waals surface area contributed by atoms with Crippen LogP contribution >= 0.6 is 0 Å². The molecule has 0 aromatic rings. The molecule has 1 heterocycles. The lowest BCUT2D eigenvalue weighted by Gasteiger charge is -2.39. The molecule has 1 aliphatic carbocycles. The Morgan fingerprint density at radius 1 is 1.14 bits per heavy atom. The number of hydrogen-bond donors (Lipinski definition) is 1. The van der Waals surface area contributed by atoms with Crippen LogP contribution in [0.5, 0.6) is 0 Å². The van der Waals surface area contributed by atoms with E-state index in [9.17, 15) is 9.90 Å². The molecule has 1 spiro atoms. The number of carboxylic acids is 1. The van der Waals surface area contributed by atoms with Gasteiger partial charge in [-0.15, -0.1) is 0 Å². The van der Waals surface area contributed by atoms with Crippen LogP contribution in [0.3, 0.4) is 0 Å². The summed E-state index contributed by atoms with van der Waals surface area (Å²) in [4.78, 5) is 10.8. The molecule has 2 fully saturated rings. The Kier molecular flexibility index (Phi) is 2.25. The quantitative estimate of drug-likeness (QED) is 0.533. The van der Waals surface area contributed by atoms with Crippen LogP contribution in [0.25, 0.3) is 0 Å². The molecule has 2 rings (SSSR count). The van der Waals surface area contributed by atoms with Crippen molar-refractivity contribution in [3.05, 3.63) is 0 Å². The summed E-state index contributed by atoms with van der Waals surface area (Å²) < 4.78 is 11.0. The maximum atomic E-state index is 10.8. The number of rotatable bonds is 1. The minimum atomic E-state index is -1.06. The first kappa shape index (κ1) is 9.89. The molecule has 14 heavy (non-hydrogen) atoms. The number of hydrogen-bond acceptors (Lipinski definition) is 4. The fraction of sp³-hybridized carbons (Fsp3) is 0.889. The molecule has 2 aliphatic rings. The fourth-order valence-electron chi connectivity index (χ4n) is 2.10. The van der Waals surface area contributed by atoms with Crippen molar-refractivity contribution in [2.75, 3.05) is 13.2 Å². The van der Waals surface area contributed by atoms with Gasteiger partial charge in [-0.1, -0.05) is 0 Å². The van der Waals surface area contributed by atoms with E-state index in [0.29, 0.717) is 38.9 Å². The van der Waals surface area contributed by atoms with Crippen molar-refractivity contribution >= 4 is 5.97 Å². The van der Waals surface area contributed by atoms with Crippen LogP contribution in [0.4, 0.5) is 0 Å². The smallest absolute Gasteiger partial charge is 0.169 e. The predicted molar refractivity (Wildman–Crippen MR) is 43.7 cm³/mol. The summed E-state index contributed by atoms with van der Waals surface area (Å²) in [7, 11) is 0. The van der Waals surface area contributed by atoms with Gasteiger partial charge in [-0.2, -0.15) is 0 Å². The molecular formula is C9H15NO4. The molecule has 3 N–H and O–H groups in total. The molecule has 0 atom stereocenters. The minimum absolute atomic E-state index is 0.468. The van der Waals surface area contributed by atoms with E-state index in [1.165, 1.54) is 0 Å². The van der Waals surface area contributed by atoms with Gasteiger partial charge in [-0.3, -0.25) is 0 Å². The van der Waals surface area contributed by atoms with Gasteiger partial charge in [-0.25, -0.2) is 0 Å². The predicted octanol–water partition coefficient (Wildman–Crippen LogP) is -1.97.